The predicted octanol–water partition coefficient (Wildman–Crippen LogP) is 4.10. The highest BCUT2D eigenvalue weighted by Gasteiger charge is 2.20. The largest absolute Gasteiger partial charge is 0.481 e. The Labute approximate surface area is 126 Å². The number of carboxylic acid groups (broad SMARTS) is 1. The van der Waals surface area contributed by atoms with Gasteiger partial charge in [-0.15, -0.1) is 0 Å². The zero-order valence-corrected chi connectivity index (χ0v) is 12.9. The maximum absolute atomic E-state index is 11.6. The normalized spacial score (nSPS) is 12.1. The maximum Gasteiger partial charge on any atom is 0.307 e. The van der Waals surface area contributed by atoms with Gasteiger partial charge in [0.1, 0.15) is 0 Å². The smallest absolute Gasteiger partial charge is 0.307 e. The van der Waals surface area contributed by atoms with Crippen LogP contribution in [0.15, 0.2) is 42.5 Å². The van der Waals surface area contributed by atoms with Gasteiger partial charge >= 0.3 is 5.97 Å². The van der Waals surface area contributed by atoms with Gasteiger partial charge in [-0.25, -0.2) is 0 Å². The van der Waals surface area contributed by atoms with Crippen LogP contribution in [-0.2, 0) is 17.6 Å². The number of carbonyl (C=O) groups is 1. The number of rotatable bonds is 5. The Kier molecular flexibility index (Phi) is 4.79. The summed E-state index contributed by atoms with van der Waals surface area (Å²) in [4.78, 5) is 11.6. The van der Waals surface area contributed by atoms with Crippen molar-refractivity contribution in [2.45, 2.75) is 33.6 Å². The van der Waals surface area contributed by atoms with Gasteiger partial charge in [0.15, 0.2) is 0 Å². The zero-order valence-electron chi connectivity index (χ0n) is 12.9. The first-order valence-corrected chi connectivity index (χ1v) is 7.31. The van der Waals surface area contributed by atoms with Crippen molar-refractivity contribution in [1.29, 1.82) is 0 Å². The van der Waals surface area contributed by atoms with Crippen LogP contribution in [0, 0.1) is 26.7 Å². The molecule has 0 aromatic heterocycles. The van der Waals surface area contributed by atoms with Gasteiger partial charge < -0.3 is 5.11 Å². The average molecular weight is 282 g/mol. The average Bonchev–Trinajstić information content (AvgIpc) is 2.41. The first kappa shape index (κ1) is 15.3. The molecule has 0 aliphatic rings. The first-order chi connectivity index (χ1) is 9.97. The number of aryl methyl sites for hydroxylation is 3. The number of carboxylic acids is 1. The standard InChI is InChI=1S/C19H22O2/c1-13-6-4-9-16(10-13)11-17(19(20)21)12-18-14(2)7-5-8-15(18)3/h4-10,17H,11-12H2,1-3H3,(H,20,21). The third-order valence-electron chi connectivity index (χ3n) is 4.01. The molecule has 0 aliphatic heterocycles. The molecule has 0 saturated carbocycles. The Bertz CT molecular complexity index is 624. The van der Waals surface area contributed by atoms with Gasteiger partial charge in [0, 0.05) is 0 Å². The summed E-state index contributed by atoms with van der Waals surface area (Å²) < 4.78 is 0. The monoisotopic (exact) mass is 282 g/mol. The molecule has 0 saturated heterocycles. The lowest BCUT2D eigenvalue weighted by molar-refractivity contribution is -0.141. The molecule has 1 atom stereocenters. The van der Waals surface area contributed by atoms with E-state index in [-0.39, 0.29) is 5.92 Å². The van der Waals surface area contributed by atoms with Crippen molar-refractivity contribution < 1.29 is 9.90 Å². The molecule has 1 unspecified atom stereocenters. The lowest BCUT2D eigenvalue weighted by Crippen LogP contribution is -2.20. The van der Waals surface area contributed by atoms with Crippen molar-refractivity contribution in [3.63, 3.8) is 0 Å². The molecule has 1 N–H and O–H groups in total. The summed E-state index contributed by atoms with van der Waals surface area (Å²) in [5.41, 5.74) is 5.77. The second-order valence-corrected chi connectivity index (χ2v) is 5.80. The summed E-state index contributed by atoms with van der Waals surface area (Å²) in [5, 5.41) is 9.55. The second kappa shape index (κ2) is 6.57. The van der Waals surface area contributed by atoms with E-state index in [1.165, 1.54) is 16.7 Å². The lowest BCUT2D eigenvalue weighted by atomic mass is 9.88. The Morgan fingerprint density at radius 2 is 1.62 bits per heavy atom. The van der Waals surface area contributed by atoms with Crippen LogP contribution in [0.1, 0.15) is 27.8 Å². The highest BCUT2D eigenvalue weighted by atomic mass is 16.4. The zero-order chi connectivity index (χ0) is 15.4. The van der Waals surface area contributed by atoms with E-state index < -0.39 is 5.97 Å². The van der Waals surface area contributed by atoms with Gasteiger partial charge in [0.2, 0.25) is 0 Å². The van der Waals surface area contributed by atoms with Crippen molar-refractivity contribution in [3.05, 3.63) is 70.3 Å². The van der Waals surface area contributed by atoms with Crippen LogP contribution in [-0.4, -0.2) is 11.1 Å². The number of benzene rings is 2. The van der Waals surface area contributed by atoms with Crippen LogP contribution < -0.4 is 0 Å². The Hall–Kier alpha value is -2.09. The molecule has 0 spiro atoms. The molecule has 21 heavy (non-hydrogen) atoms. The van der Waals surface area contributed by atoms with Crippen LogP contribution in [0.4, 0.5) is 0 Å². The van der Waals surface area contributed by atoms with Crippen molar-refractivity contribution in [2.75, 3.05) is 0 Å². The van der Waals surface area contributed by atoms with Crippen molar-refractivity contribution in [3.8, 4) is 0 Å². The molecule has 2 aromatic carbocycles. The number of aliphatic carboxylic acids is 1. The molecular formula is C19H22O2. The fourth-order valence-electron chi connectivity index (χ4n) is 2.79. The van der Waals surface area contributed by atoms with Crippen molar-refractivity contribution in [1.82, 2.24) is 0 Å². The van der Waals surface area contributed by atoms with Crippen LogP contribution in [0.2, 0.25) is 0 Å². The minimum atomic E-state index is -0.723. The molecule has 110 valence electrons. The van der Waals surface area contributed by atoms with Crippen molar-refractivity contribution in [2.24, 2.45) is 5.92 Å². The van der Waals surface area contributed by atoms with Crippen LogP contribution in [0.5, 0.6) is 0 Å². The molecule has 0 fully saturated rings. The molecular weight excluding hydrogens is 260 g/mol. The lowest BCUT2D eigenvalue weighted by Gasteiger charge is -2.16. The van der Waals surface area contributed by atoms with Gasteiger partial charge in [-0.05, 0) is 55.9 Å². The molecule has 0 heterocycles. The molecule has 2 nitrogen and oxygen atoms in total. The summed E-state index contributed by atoms with van der Waals surface area (Å²) in [5.74, 6) is -1.11. The first-order valence-electron chi connectivity index (χ1n) is 7.31. The van der Waals surface area contributed by atoms with Gasteiger partial charge in [-0.1, -0.05) is 48.0 Å². The van der Waals surface area contributed by atoms with Gasteiger partial charge in [-0.2, -0.15) is 0 Å². The molecule has 2 rings (SSSR count). The SMILES string of the molecule is Cc1cccc(CC(Cc2c(C)cccc2C)C(=O)O)c1. The minimum absolute atomic E-state index is 0.383. The fourth-order valence-corrected chi connectivity index (χ4v) is 2.79. The minimum Gasteiger partial charge on any atom is -0.481 e. The second-order valence-electron chi connectivity index (χ2n) is 5.80. The number of hydrogen-bond acceptors (Lipinski definition) is 1. The Morgan fingerprint density at radius 1 is 1.00 bits per heavy atom. The summed E-state index contributed by atoms with van der Waals surface area (Å²) in [6, 6.07) is 14.2. The quantitative estimate of drug-likeness (QED) is 0.896. The van der Waals surface area contributed by atoms with Crippen LogP contribution >= 0.6 is 0 Å². The van der Waals surface area contributed by atoms with Crippen LogP contribution in [0.3, 0.4) is 0 Å². The topological polar surface area (TPSA) is 37.3 Å². The summed E-state index contributed by atoms with van der Waals surface area (Å²) in [6.07, 6.45) is 1.16. The molecule has 0 radical (unpaired) electrons. The molecule has 0 amide bonds. The highest BCUT2D eigenvalue weighted by Crippen LogP contribution is 2.21. The van der Waals surface area contributed by atoms with Crippen molar-refractivity contribution >= 4 is 5.97 Å². The van der Waals surface area contributed by atoms with E-state index in [1.807, 2.05) is 57.2 Å². The maximum atomic E-state index is 11.6. The van der Waals surface area contributed by atoms with E-state index in [4.69, 9.17) is 0 Å². The van der Waals surface area contributed by atoms with Gasteiger partial charge in [0.25, 0.3) is 0 Å². The van der Waals surface area contributed by atoms with Crippen LogP contribution in [0.25, 0.3) is 0 Å². The third-order valence-corrected chi connectivity index (χ3v) is 4.01. The summed E-state index contributed by atoms with van der Waals surface area (Å²) in [7, 11) is 0. The summed E-state index contributed by atoms with van der Waals surface area (Å²) in [6.45, 7) is 6.13. The fraction of sp³-hybridized carbons (Fsp3) is 0.316. The highest BCUT2D eigenvalue weighted by molar-refractivity contribution is 5.71. The molecule has 0 bridgehead atoms. The van der Waals surface area contributed by atoms with Gasteiger partial charge in [-0.3, -0.25) is 4.79 Å². The Balaban J connectivity index is 2.22. The van der Waals surface area contributed by atoms with E-state index in [1.54, 1.807) is 0 Å². The third kappa shape index (κ3) is 3.94. The number of hydrogen-bond donors (Lipinski definition) is 1. The molecule has 2 heteroatoms. The molecule has 0 aliphatic carbocycles. The van der Waals surface area contributed by atoms with E-state index in [0.29, 0.717) is 12.8 Å². The van der Waals surface area contributed by atoms with E-state index in [0.717, 1.165) is 11.1 Å². The van der Waals surface area contributed by atoms with E-state index >= 15 is 0 Å². The van der Waals surface area contributed by atoms with E-state index in [2.05, 4.69) is 6.07 Å². The predicted molar refractivity (Wildman–Crippen MR) is 85.6 cm³/mol. The Morgan fingerprint density at radius 3 is 2.19 bits per heavy atom. The summed E-state index contributed by atoms with van der Waals surface area (Å²) >= 11 is 0. The van der Waals surface area contributed by atoms with E-state index in [9.17, 15) is 9.90 Å². The van der Waals surface area contributed by atoms with Gasteiger partial charge in [0.05, 0.1) is 5.92 Å². The molecule has 2 aromatic rings.